The van der Waals surface area contributed by atoms with Crippen LogP contribution >= 0.6 is 0 Å². The minimum Gasteiger partial charge on any atom is -0.507 e. The van der Waals surface area contributed by atoms with Crippen LogP contribution in [0.1, 0.15) is 35.6 Å². The van der Waals surface area contributed by atoms with Crippen LogP contribution in [0, 0.1) is 13.8 Å². The maximum Gasteiger partial charge on any atom is 0.300 e. The van der Waals surface area contributed by atoms with Crippen LogP contribution in [0.3, 0.4) is 0 Å². The summed E-state index contributed by atoms with van der Waals surface area (Å²) in [6.45, 7) is 5.91. The number of aliphatic hydroxyl groups excluding tert-OH is 1. The number of anilines is 1. The van der Waals surface area contributed by atoms with E-state index in [9.17, 15) is 19.8 Å². The van der Waals surface area contributed by atoms with Gasteiger partial charge in [-0.1, -0.05) is 6.07 Å². The molecule has 3 aromatic rings. The molecule has 2 heterocycles. The van der Waals surface area contributed by atoms with Crippen molar-refractivity contribution in [3.63, 3.8) is 0 Å². The highest BCUT2D eigenvalue weighted by atomic mass is 16.5. The number of aryl methyl sites for hydroxylation is 2. The van der Waals surface area contributed by atoms with Gasteiger partial charge in [0.15, 0.2) is 0 Å². The first-order valence-corrected chi connectivity index (χ1v) is 10.2. The summed E-state index contributed by atoms with van der Waals surface area (Å²) in [4.78, 5) is 27.4. The highest BCUT2D eigenvalue weighted by Gasteiger charge is 2.49. The second-order valence-electron chi connectivity index (χ2n) is 7.57. The first-order chi connectivity index (χ1) is 15.3. The number of rotatable bonds is 5. The van der Waals surface area contributed by atoms with E-state index in [-0.39, 0.29) is 22.8 Å². The molecule has 1 aromatic heterocycles. The quantitative estimate of drug-likeness (QED) is 0.346. The fourth-order valence-corrected chi connectivity index (χ4v) is 3.81. The molecule has 1 aliphatic heterocycles. The molecule has 0 spiro atoms. The summed E-state index contributed by atoms with van der Waals surface area (Å²) in [5, 5.41) is 21.6. The molecule has 1 amide bonds. The Balaban J connectivity index is 1.91. The third kappa shape index (κ3) is 3.62. The van der Waals surface area contributed by atoms with Crippen LogP contribution in [0.2, 0.25) is 0 Å². The van der Waals surface area contributed by atoms with Crippen LogP contribution in [0.25, 0.3) is 5.76 Å². The molecule has 1 unspecified atom stereocenters. The summed E-state index contributed by atoms with van der Waals surface area (Å²) in [5.74, 6) is -0.719. The van der Waals surface area contributed by atoms with Gasteiger partial charge in [-0.2, -0.15) is 0 Å². The molecule has 0 aliphatic carbocycles. The van der Waals surface area contributed by atoms with Crippen molar-refractivity contribution in [1.29, 1.82) is 0 Å². The lowest BCUT2D eigenvalue weighted by molar-refractivity contribution is -0.132. The van der Waals surface area contributed by atoms with Gasteiger partial charge in [0, 0.05) is 5.56 Å². The number of phenolic OH excluding ortho intramolecular Hbond substituents is 1. The van der Waals surface area contributed by atoms with E-state index >= 15 is 0 Å². The molecular weight excluding hydrogens is 410 g/mol. The van der Waals surface area contributed by atoms with E-state index in [0.717, 1.165) is 5.56 Å². The van der Waals surface area contributed by atoms with Crippen molar-refractivity contribution in [2.75, 3.05) is 11.5 Å². The number of benzene rings is 2. The Morgan fingerprint density at radius 1 is 1.06 bits per heavy atom. The Morgan fingerprint density at radius 2 is 1.78 bits per heavy atom. The van der Waals surface area contributed by atoms with E-state index in [0.29, 0.717) is 29.4 Å². The van der Waals surface area contributed by atoms with Crippen molar-refractivity contribution in [2.45, 2.75) is 26.8 Å². The van der Waals surface area contributed by atoms with Crippen LogP contribution in [-0.2, 0) is 9.59 Å². The third-order valence-electron chi connectivity index (χ3n) is 5.30. The number of carbonyl (C=O) groups excluding carboxylic acids is 2. The van der Waals surface area contributed by atoms with Crippen molar-refractivity contribution in [1.82, 2.24) is 0 Å². The second-order valence-corrected chi connectivity index (χ2v) is 7.57. The predicted molar refractivity (Wildman–Crippen MR) is 119 cm³/mol. The average Bonchev–Trinajstić information content (AvgIpc) is 3.31. The highest BCUT2D eigenvalue weighted by Crippen LogP contribution is 2.45. The number of carbonyl (C=O) groups is 2. The number of furan rings is 1. The number of phenols is 1. The monoisotopic (exact) mass is 433 g/mol. The van der Waals surface area contributed by atoms with E-state index in [1.165, 1.54) is 11.0 Å². The Kier molecular flexibility index (Phi) is 5.48. The van der Waals surface area contributed by atoms with Gasteiger partial charge in [0.25, 0.3) is 11.7 Å². The summed E-state index contributed by atoms with van der Waals surface area (Å²) < 4.78 is 11.2. The number of Topliss-reactive ketones (excluding diaryl/α,β-unsaturated/α-hetero) is 1. The molecule has 4 rings (SSSR count). The number of aliphatic hydroxyl groups is 1. The minimum absolute atomic E-state index is 0.116. The number of ketones is 1. The largest absolute Gasteiger partial charge is 0.507 e. The van der Waals surface area contributed by atoms with Crippen LogP contribution in [0.5, 0.6) is 11.5 Å². The molecule has 1 saturated heterocycles. The molecule has 1 atom stereocenters. The highest BCUT2D eigenvalue weighted by molar-refractivity contribution is 6.51. The Labute approximate surface area is 185 Å². The first-order valence-electron chi connectivity index (χ1n) is 10.2. The molecule has 0 bridgehead atoms. The summed E-state index contributed by atoms with van der Waals surface area (Å²) >= 11 is 0. The molecule has 7 heteroatoms. The topological polar surface area (TPSA) is 100 Å². The zero-order valence-corrected chi connectivity index (χ0v) is 18.0. The van der Waals surface area contributed by atoms with Gasteiger partial charge in [-0.3, -0.25) is 14.5 Å². The van der Waals surface area contributed by atoms with Crippen molar-refractivity contribution in [3.05, 3.63) is 82.8 Å². The molecule has 1 aliphatic rings. The molecule has 2 N–H and O–H groups in total. The SMILES string of the molecule is CCOc1ccc(/C(O)=C2/C(=O)C(=O)N(c3cc(C)ccc3O)C2c2ccc(C)o2)cc1. The van der Waals surface area contributed by atoms with Gasteiger partial charge in [0.1, 0.15) is 34.8 Å². The zero-order valence-electron chi connectivity index (χ0n) is 18.0. The lowest BCUT2D eigenvalue weighted by atomic mass is 9.99. The standard InChI is InChI=1S/C25H23NO6/c1-4-31-17-9-7-16(8-10-17)23(28)21-22(20-12-6-15(3)32-20)26(25(30)24(21)29)18-13-14(2)5-11-19(18)27/h5-13,22,27-28H,4H2,1-3H3/b23-21-. The number of amides is 1. The van der Waals surface area contributed by atoms with E-state index in [4.69, 9.17) is 9.15 Å². The second kappa shape index (κ2) is 8.26. The van der Waals surface area contributed by atoms with Crippen LogP contribution in [0.4, 0.5) is 5.69 Å². The maximum atomic E-state index is 13.1. The van der Waals surface area contributed by atoms with Crippen molar-refractivity contribution in [2.24, 2.45) is 0 Å². The Hall–Kier alpha value is -4.00. The number of ether oxygens (including phenoxy) is 1. The van der Waals surface area contributed by atoms with Crippen molar-refractivity contribution < 1.29 is 29.0 Å². The minimum atomic E-state index is -1.04. The molecule has 2 aromatic carbocycles. The summed E-state index contributed by atoms with van der Waals surface area (Å²) in [6.07, 6.45) is 0. The van der Waals surface area contributed by atoms with Crippen molar-refractivity contribution >= 4 is 23.1 Å². The summed E-state index contributed by atoms with van der Waals surface area (Å²) in [6, 6.07) is 13.7. The Morgan fingerprint density at radius 3 is 2.41 bits per heavy atom. The number of aromatic hydroxyl groups is 1. The van der Waals surface area contributed by atoms with E-state index in [1.807, 2.05) is 13.8 Å². The maximum absolute atomic E-state index is 13.1. The van der Waals surface area contributed by atoms with Crippen LogP contribution in [0.15, 0.2) is 64.6 Å². The van der Waals surface area contributed by atoms with E-state index in [1.54, 1.807) is 55.5 Å². The normalized spacial score (nSPS) is 17.7. The van der Waals surface area contributed by atoms with Gasteiger partial charge in [0.2, 0.25) is 0 Å². The molecular formula is C25H23NO6. The molecule has 7 nitrogen and oxygen atoms in total. The van der Waals surface area contributed by atoms with E-state index in [2.05, 4.69) is 0 Å². The molecule has 0 radical (unpaired) electrons. The zero-order chi connectivity index (χ0) is 23.0. The smallest absolute Gasteiger partial charge is 0.300 e. The summed E-state index contributed by atoms with van der Waals surface area (Å²) in [5.41, 5.74) is 1.19. The van der Waals surface area contributed by atoms with Gasteiger partial charge in [-0.05, 0) is 74.9 Å². The van der Waals surface area contributed by atoms with Gasteiger partial charge in [-0.15, -0.1) is 0 Å². The number of hydrogen-bond donors (Lipinski definition) is 2. The molecule has 164 valence electrons. The molecule has 1 fully saturated rings. The molecule has 0 saturated carbocycles. The lowest BCUT2D eigenvalue weighted by Crippen LogP contribution is -2.29. The summed E-state index contributed by atoms with van der Waals surface area (Å²) in [7, 11) is 0. The first kappa shape index (κ1) is 21.2. The number of hydrogen-bond acceptors (Lipinski definition) is 6. The lowest BCUT2D eigenvalue weighted by Gasteiger charge is -2.24. The molecule has 32 heavy (non-hydrogen) atoms. The predicted octanol–water partition coefficient (Wildman–Crippen LogP) is 4.63. The fraction of sp³-hybridized carbons (Fsp3) is 0.200. The van der Waals surface area contributed by atoms with Gasteiger partial charge in [-0.25, -0.2) is 0 Å². The van der Waals surface area contributed by atoms with Gasteiger partial charge >= 0.3 is 0 Å². The van der Waals surface area contributed by atoms with Crippen molar-refractivity contribution in [3.8, 4) is 11.5 Å². The fourth-order valence-electron chi connectivity index (χ4n) is 3.81. The number of nitrogens with zero attached hydrogens (tertiary/aromatic N) is 1. The average molecular weight is 433 g/mol. The van der Waals surface area contributed by atoms with Gasteiger partial charge in [0.05, 0.1) is 17.9 Å². The van der Waals surface area contributed by atoms with Crippen LogP contribution in [-0.4, -0.2) is 28.5 Å². The third-order valence-corrected chi connectivity index (χ3v) is 5.30. The van der Waals surface area contributed by atoms with Gasteiger partial charge < -0.3 is 19.4 Å². The van der Waals surface area contributed by atoms with E-state index < -0.39 is 17.7 Å². The Bertz CT molecular complexity index is 1220. The van der Waals surface area contributed by atoms with Crippen LogP contribution < -0.4 is 9.64 Å².